The first-order valence-electron chi connectivity index (χ1n) is 7.68. The number of sulfonamides is 1. The fourth-order valence-corrected chi connectivity index (χ4v) is 3.95. The third-order valence-electron chi connectivity index (χ3n) is 4.42. The van der Waals surface area contributed by atoms with E-state index in [2.05, 4.69) is 10.2 Å². The zero-order chi connectivity index (χ0) is 16.9. The molecular weight excluding hydrogens is 306 g/mol. The Morgan fingerprint density at radius 1 is 1.23 bits per heavy atom. The summed E-state index contributed by atoms with van der Waals surface area (Å²) in [4.78, 5) is 13.4. The third-order valence-corrected chi connectivity index (χ3v) is 5.72. The molecule has 0 spiro atoms. The van der Waals surface area contributed by atoms with Gasteiger partial charge in [0, 0.05) is 38.8 Å². The zero-order valence-electron chi connectivity index (χ0n) is 13.9. The van der Waals surface area contributed by atoms with Gasteiger partial charge in [-0.2, -0.15) is 4.31 Å². The molecule has 0 aromatic carbocycles. The van der Waals surface area contributed by atoms with Crippen molar-refractivity contribution >= 4 is 16.3 Å². The van der Waals surface area contributed by atoms with Crippen molar-refractivity contribution in [3.8, 4) is 0 Å². The van der Waals surface area contributed by atoms with E-state index >= 15 is 0 Å². The van der Waals surface area contributed by atoms with E-state index in [1.807, 2.05) is 6.92 Å². The summed E-state index contributed by atoms with van der Waals surface area (Å²) in [5, 5.41) is 12.9. The van der Waals surface area contributed by atoms with Crippen molar-refractivity contribution in [2.75, 3.05) is 46.0 Å². The summed E-state index contributed by atoms with van der Waals surface area (Å²) in [7, 11) is -1.32. The van der Waals surface area contributed by atoms with Crippen molar-refractivity contribution < 1.29 is 18.3 Å². The molecule has 1 rings (SSSR count). The van der Waals surface area contributed by atoms with Crippen molar-refractivity contribution in [2.24, 2.45) is 11.8 Å². The van der Waals surface area contributed by atoms with Gasteiger partial charge < -0.3 is 20.1 Å². The van der Waals surface area contributed by atoms with Crippen LogP contribution in [0.1, 0.15) is 13.8 Å². The monoisotopic (exact) mass is 335 g/mol. The highest BCUT2D eigenvalue weighted by Gasteiger charge is 2.31. The van der Waals surface area contributed by atoms with Crippen LogP contribution in [0, 0.1) is 11.8 Å². The molecule has 4 atom stereocenters. The Labute approximate surface area is 133 Å². The van der Waals surface area contributed by atoms with E-state index in [9.17, 15) is 18.3 Å². The molecule has 130 valence electrons. The number of nitrogens with one attached hydrogen (secondary N) is 1. The van der Waals surface area contributed by atoms with E-state index in [1.54, 1.807) is 14.0 Å². The molecule has 0 radical (unpaired) electrons. The van der Waals surface area contributed by atoms with Crippen LogP contribution in [0.4, 0.5) is 0 Å². The number of hydrogen-bond acceptors (Lipinski definition) is 6. The largest absolute Gasteiger partial charge is 0.393 e. The lowest BCUT2D eigenvalue weighted by Gasteiger charge is -2.37. The van der Waals surface area contributed by atoms with Crippen molar-refractivity contribution in [3.63, 3.8) is 0 Å². The summed E-state index contributed by atoms with van der Waals surface area (Å²) in [6.45, 7) is 6.82. The van der Waals surface area contributed by atoms with Crippen molar-refractivity contribution in [2.45, 2.75) is 26.0 Å². The number of nitrogens with zero attached hydrogens (tertiary/aromatic N) is 2. The molecule has 1 fully saturated rings. The number of carbonyl (C=O) groups is 1. The van der Waals surface area contributed by atoms with Crippen molar-refractivity contribution in [3.05, 3.63) is 0 Å². The highest BCUT2D eigenvalue weighted by atomic mass is 32.2. The molecule has 0 amide bonds. The summed E-state index contributed by atoms with van der Waals surface area (Å²) in [5.41, 5.74) is 0. The normalized spacial score (nSPS) is 23.7. The molecule has 0 aliphatic carbocycles. The minimum absolute atomic E-state index is 0.106. The SMILES string of the molecule is CN[C@@H]([C@H](C=O)[C@@H](C)O)[C@@H](C)CN1CCN(S(C)(=O)=O)CC1. The molecule has 0 bridgehead atoms. The quantitative estimate of drug-likeness (QED) is 0.552. The van der Waals surface area contributed by atoms with Gasteiger partial charge in [0.2, 0.25) is 10.0 Å². The van der Waals surface area contributed by atoms with E-state index in [0.29, 0.717) is 26.2 Å². The van der Waals surface area contributed by atoms with Gasteiger partial charge in [-0.05, 0) is 19.9 Å². The van der Waals surface area contributed by atoms with Crippen LogP contribution >= 0.6 is 0 Å². The molecule has 1 aliphatic rings. The number of aliphatic hydroxyl groups excluding tert-OH is 1. The van der Waals surface area contributed by atoms with E-state index in [1.165, 1.54) is 10.6 Å². The highest BCUT2D eigenvalue weighted by Crippen LogP contribution is 2.18. The van der Waals surface area contributed by atoms with Gasteiger partial charge in [-0.1, -0.05) is 6.92 Å². The van der Waals surface area contributed by atoms with Gasteiger partial charge >= 0.3 is 0 Å². The van der Waals surface area contributed by atoms with Crippen LogP contribution in [0.25, 0.3) is 0 Å². The highest BCUT2D eigenvalue weighted by molar-refractivity contribution is 7.88. The molecule has 7 nitrogen and oxygen atoms in total. The molecule has 0 saturated carbocycles. The molecule has 1 aliphatic heterocycles. The van der Waals surface area contributed by atoms with Crippen molar-refractivity contribution in [1.29, 1.82) is 0 Å². The van der Waals surface area contributed by atoms with Gasteiger partial charge in [0.15, 0.2) is 0 Å². The first kappa shape index (κ1) is 19.5. The van der Waals surface area contributed by atoms with E-state index in [4.69, 9.17) is 0 Å². The summed E-state index contributed by atoms with van der Waals surface area (Å²) >= 11 is 0. The predicted octanol–water partition coefficient (Wildman–Crippen LogP) is -1.02. The fourth-order valence-electron chi connectivity index (χ4n) is 3.12. The number of piperazine rings is 1. The lowest BCUT2D eigenvalue weighted by molar-refractivity contribution is -0.115. The zero-order valence-corrected chi connectivity index (χ0v) is 14.7. The maximum Gasteiger partial charge on any atom is 0.211 e. The summed E-state index contributed by atoms with van der Waals surface area (Å²) in [6.07, 6.45) is 1.35. The number of hydrogen-bond donors (Lipinski definition) is 2. The first-order valence-corrected chi connectivity index (χ1v) is 9.53. The maximum absolute atomic E-state index is 11.5. The molecule has 0 aromatic heterocycles. The fraction of sp³-hybridized carbons (Fsp3) is 0.929. The second-order valence-electron chi connectivity index (χ2n) is 6.21. The van der Waals surface area contributed by atoms with Crippen LogP contribution in [0.2, 0.25) is 0 Å². The number of aldehydes is 1. The lowest BCUT2D eigenvalue weighted by Crippen LogP contribution is -2.52. The maximum atomic E-state index is 11.5. The van der Waals surface area contributed by atoms with Gasteiger partial charge in [0.1, 0.15) is 6.29 Å². The number of aliphatic hydroxyl groups is 1. The van der Waals surface area contributed by atoms with Crippen LogP contribution in [0.3, 0.4) is 0 Å². The Morgan fingerprint density at radius 3 is 2.14 bits per heavy atom. The number of rotatable bonds is 8. The Balaban J connectivity index is 2.58. The number of carbonyl (C=O) groups excluding carboxylic acids is 1. The van der Waals surface area contributed by atoms with Gasteiger partial charge in [-0.15, -0.1) is 0 Å². The average molecular weight is 335 g/mol. The second kappa shape index (κ2) is 8.35. The standard InChI is InChI=1S/C14H29N3O4S/c1-11(14(15-3)13(10-18)12(2)19)9-16-5-7-17(8-6-16)22(4,20)21/h10-15,19H,5-9H2,1-4H3/t11-,12+,13+,14+/m0/s1. The van der Waals surface area contributed by atoms with Crippen molar-refractivity contribution in [1.82, 2.24) is 14.5 Å². The molecule has 22 heavy (non-hydrogen) atoms. The van der Waals surface area contributed by atoms with Crippen LogP contribution in [0.5, 0.6) is 0 Å². The third kappa shape index (κ3) is 5.27. The topological polar surface area (TPSA) is 89.9 Å². The minimum Gasteiger partial charge on any atom is -0.393 e. The van der Waals surface area contributed by atoms with E-state index < -0.39 is 22.0 Å². The molecule has 0 aromatic rings. The first-order chi connectivity index (χ1) is 10.2. The second-order valence-corrected chi connectivity index (χ2v) is 8.19. The van der Waals surface area contributed by atoms with Gasteiger partial charge in [0.05, 0.1) is 18.3 Å². The summed E-state index contributed by atoms with van der Waals surface area (Å²) in [5.74, 6) is -0.281. The molecule has 2 N–H and O–H groups in total. The Morgan fingerprint density at radius 2 is 1.77 bits per heavy atom. The Hall–Kier alpha value is -0.540. The van der Waals surface area contributed by atoms with Gasteiger partial charge in [-0.25, -0.2) is 8.42 Å². The molecule has 1 saturated heterocycles. The van der Waals surface area contributed by atoms with Crippen LogP contribution in [-0.2, 0) is 14.8 Å². The van der Waals surface area contributed by atoms with Crippen LogP contribution in [-0.4, -0.2) is 87.2 Å². The molecule has 1 heterocycles. The van der Waals surface area contributed by atoms with Crippen LogP contribution in [0.15, 0.2) is 0 Å². The van der Waals surface area contributed by atoms with Crippen LogP contribution < -0.4 is 5.32 Å². The smallest absolute Gasteiger partial charge is 0.211 e. The van der Waals surface area contributed by atoms with Gasteiger partial charge in [0.25, 0.3) is 0 Å². The molecule has 8 heteroatoms. The predicted molar refractivity (Wildman–Crippen MR) is 86.1 cm³/mol. The minimum atomic E-state index is -3.11. The lowest BCUT2D eigenvalue weighted by atomic mass is 9.86. The van der Waals surface area contributed by atoms with E-state index in [0.717, 1.165) is 12.8 Å². The van der Waals surface area contributed by atoms with Gasteiger partial charge in [-0.3, -0.25) is 0 Å². The average Bonchev–Trinajstić information content (AvgIpc) is 2.43. The Kier molecular flexibility index (Phi) is 7.40. The summed E-state index contributed by atoms with van der Waals surface area (Å²) < 4.78 is 24.5. The summed E-state index contributed by atoms with van der Waals surface area (Å²) in [6, 6.07) is -0.106. The molecular formula is C14H29N3O4S. The van der Waals surface area contributed by atoms with E-state index in [-0.39, 0.29) is 12.0 Å². The Bertz CT molecular complexity index is 447. The molecule has 0 unspecified atom stereocenters.